The number of nitrogens with one attached hydrogen (secondary N) is 2. The minimum atomic E-state index is -0.825. The van der Waals surface area contributed by atoms with E-state index < -0.39 is 4.46 Å². The molecule has 0 radical (unpaired) electrons. The Hall–Kier alpha value is 0.500. The van der Waals surface area contributed by atoms with Crippen molar-refractivity contribution in [3.05, 3.63) is 0 Å². The molecule has 4 heteroatoms. The van der Waals surface area contributed by atoms with Crippen molar-refractivity contribution >= 4 is 23.2 Å². The molecule has 0 aromatic heterocycles. The quantitative estimate of drug-likeness (QED) is 0.462. The van der Waals surface area contributed by atoms with E-state index in [4.69, 9.17) is 23.2 Å². The predicted molar refractivity (Wildman–Crippen MR) is 37.4 cm³/mol. The highest BCUT2D eigenvalue weighted by molar-refractivity contribution is 6.48. The molecule has 50 valence electrons. The zero-order valence-electron chi connectivity index (χ0n) is 4.96. The van der Waals surface area contributed by atoms with Crippen molar-refractivity contribution in [2.45, 2.75) is 4.46 Å². The normalized spacial score (nSPS) is 12.0. The highest BCUT2D eigenvalue weighted by Crippen LogP contribution is 2.13. The smallest absolute Gasteiger partial charge is 0.181 e. The van der Waals surface area contributed by atoms with Gasteiger partial charge in [-0.2, -0.15) is 0 Å². The van der Waals surface area contributed by atoms with Gasteiger partial charge in [0.25, 0.3) is 0 Å². The lowest BCUT2D eigenvalue weighted by molar-refractivity contribution is 0.615. The molecule has 0 aliphatic carbocycles. The molecule has 0 amide bonds. The maximum absolute atomic E-state index is 5.61. The van der Waals surface area contributed by atoms with Gasteiger partial charge in [-0.25, -0.2) is 0 Å². The van der Waals surface area contributed by atoms with Gasteiger partial charge in [-0.1, -0.05) is 23.2 Å². The van der Waals surface area contributed by atoms with Crippen LogP contribution in [0.5, 0.6) is 0 Å². The second-order valence-electron chi connectivity index (χ2n) is 1.48. The number of hydrogen-bond donors (Lipinski definition) is 2. The van der Waals surface area contributed by atoms with Gasteiger partial charge < -0.3 is 5.32 Å². The first-order valence-corrected chi connectivity index (χ1v) is 3.09. The van der Waals surface area contributed by atoms with Crippen LogP contribution in [0.4, 0.5) is 0 Å². The maximum atomic E-state index is 5.61. The van der Waals surface area contributed by atoms with Gasteiger partial charge in [0.05, 0.1) is 0 Å². The molecule has 8 heavy (non-hydrogen) atoms. The Morgan fingerprint density at radius 2 is 1.88 bits per heavy atom. The molecule has 0 aliphatic heterocycles. The van der Waals surface area contributed by atoms with E-state index in [0.29, 0.717) is 6.54 Å². The third-order valence-corrected chi connectivity index (χ3v) is 1.41. The van der Waals surface area contributed by atoms with Crippen LogP contribution in [0.1, 0.15) is 0 Å². The molecule has 2 nitrogen and oxygen atoms in total. The van der Waals surface area contributed by atoms with Gasteiger partial charge in [-0.05, 0) is 14.1 Å². The standard InChI is InChI=1S/C4H10Cl2N2/c1-7-3-4(5,6)8-2/h7-8H,3H2,1-2H3. The van der Waals surface area contributed by atoms with Crippen molar-refractivity contribution in [3.8, 4) is 0 Å². The lowest BCUT2D eigenvalue weighted by Crippen LogP contribution is -2.39. The van der Waals surface area contributed by atoms with Gasteiger partial charge in [-0.15, -0.1) is 0 Å². The minimum Gasteiger partial charge on any atom is -0.316 e. The molecule has 0 saturated carbocycles. The third kappa shape index (κ3) is 3.50. The van der Waals surface area contributed by atoms with E-state index in [9.17, 15) is 0 Å². The van der Waals surface area contributed by atoms with Crippen LogP contribution >= 0.6 is 23.2 Å². The Kier molecular flexibility index (Phi) is 3.73. The molecular formula is C4H10Cl2N2. The van der Waals surface area contributed by atoms with E-state index in [1.54, 1.807) is 14.1 Å². The summed E-state index contributed by atoms with van der Waals surface area (Å²) in [5, 5.41) is 5.54. The zero-order valence-corrected chi connectivity index (χ0v) is 6.47. The Labute approximate surface area is 59.5 Å². The summed E-state index contributed by atoms with van der Waals surface area (Å²) < 4.78 is -0.825. The Balaban J connectivity index is 3.37. The second-order valence-corrected chi connectivity index (χ2v) is 2.97. The third-order valence-electron chi connectivity index (χ3n) is 0.765. The van der Waals surface area contributed by atoms with Crippen LogP contribution in [0.15, 0.2) is 0 Å². The fourth-order valence-electron chi connectivity index (χ4n) is 0.310. The van der Waals surface area contributed by atoms with E-state index in [2.05, 4.69) is 10.6 Å². The Morgan fingerprint density at radius 1 is 1.38 bits per heavy atom. The van der Waals surface area contributed by atoms with Crippen molar-refractivity contribution < 1.29 is 0 Å². The van der Waals surface area contributed by atoms with Crippen LogP contribution < -0.4 is 10.6 Å². The van der Waals surface area contributed by atoms with Crippen molar-refractivity contribution in [2.75, 3.05) is 20.6 Å². The van der Waals surface area contributed by atoms with E-state index in [-0.39, 0.29) is 0 Å². The molecular weight excluding hydrogens is 147 g/mol. The van der Waals surface area contributed by atoms with Crippen LogP contribution in [-0.2, 0) is 0 Å². The lowest BCUT2D eigenvalue weighted by atomic mass is 10.6. The fraction of sp³-hybridized carbons (Fsp3) is 1.00. The summed E-state index contributed by atoms with van der Waals surface area (Å²) in [4.78, 5) is 0. The monoisotopic (exact) mass is 156 g/mol. The summed E-state index contributed by atoms with van der Waals surface area (Å²) in [6.45, 7) is 0.534. The first-order valence-electron chi connectivity index (χ1n) is 2.34. The summed E-state index contributed by atoms with van der Waals surface area (Å²) >= 11 is 11.2. The second kappa shape index (κ2) is 3.51. The summed E-state index contributed by atoms with van der Waals surface area (Å²) in [6, 6.07) is 0. The molecule has 2 N–H and O–H groups in total. The molecule has 0 heterocycles. The Morgan fingerprint density at radius 3 is 2.00 bits per heavy atom. The van der Waals surface area contributed by atoms with Crippen LogP contribution in [0.25, 0.3) is 0 Å². The molecule has 0 fully saturated rings. The average molecular weight is 157 g/mol. The van der Waals surface area contributed by atoms with Gasteiger partial charge in [0.2, 0.25) is 0 Å². The van der Waals surface area contributed by atoms with Crippen LogP contribution in [0.2, 0.25) is 0 Å². The molecule has 0 unspecified atom stereocenters. The van der Waals surface area contributed by atoms with Gasteiger partial charge >= 0.3 is 0 Å². The van der Waals surface area contributed by atoms with Gasteiger partial charge in [0, 0.05) is 6.54 Å². The number of alkyl halides is 2. The van der Waals surface area contributed by atoms with Crippen molar-refractivity contribution in [1.82, 2.24) is 10.6 Å². The highest BCUT2D eigenvalue weighted by Gasteiger charge is 2.18. The largest absolute Gasteiger partial charge is 0.316 e. The molecule has 0 atom stereocenters. The van der Waals surface area contributed by atoms with Crippen LogP contribution in [-0.4, -0.2) is 25.1 Å². The van der Waals surface area contributed by atoms with E-state index >= 15 is 0 Å². The molecule has 0 rings (SSSR count). The summed E-state index contributed by atoms with van der Waals surface area (Å²) in [7, 11) is 3.49. The lowest BCUT2D eigenvalue weighted by Gasteiger charge is -2.16. The average Bonchev–Trinajstić information content (AvgIpc) is 1.67. The number of hydrogen-bond acceptors (Lipinski definition) is 2. The molecule has 0 aromatic carbocycles. The summed E-state index contributed by atoms with van der Waals surface area (Å²) in [5.41, 5.74) is 0. The van der Waals surface area contributed by atoms with Crippen molar-refractivity contribution in [2.24, 2.45) is 0 Å². The number of rotatable bonds is 3. The number of likely N-dealkylation sites (N-methyl/N-ethyl adjacent to an activating group) is 2. The van der Waals surface area contributed by atoms with Crippen LogP contribution in [0.3, 0.4) is 0 Å². The molecule has 0 spiro atoms. The minimum absolute atomic E-state index is 0.534. The molecule has 0 bridgehead atoms. The van der Waals surface area contributed by atoms with E-state index in [0.717, 1.165) is 0 Å². The zero-order chi connectivity index (χ0) is 6.62. The van der Waals surface area contributed by atoms with Crippen molar-refractivity contribution in [3.63, 3.8) is 0 Å². The van der Waals surface area contributed by atoms with Gasteiger partial charge in [-0.3, -0.25) is 5.32 Å². The van der Waals surface area contributed by atoms with Gasteiger partial charge in [0.1, 0.15) is 0 Å². The predicted octanol–water partition coefficient (Wildman–Crippen LogP) is 0.557. The number of halogens is 2. The van der Waals surface area contributed by atoms with E-state index in [1.807, 2.05) is 0 Å². The SMILES string of the molecule is CNCC(Cl)(Cl)NC. The van der Waals surface area contributed by atoms with Crippen molar-refractivity contribution in [1.29, 1.82) is 0 Å². The topological polar surface area (TPSA) is 24.1 Å². The van der Waals surface area contributed by atoms with E-state index in [1.165, 1.54) is 0 Å². The maximum Gasteiger partial charge on any atom is 0.181 e. The summed E-state index contributed by atoms with van der Waals surface area (Å²) in [6.07, 6.45) is 0. The highest BCUT2D eigenvalue weighted by atomic mass is 35.5. The molecule has 0 aliphatic rings. The first-order chi connectivity index (χ1) is 3.62. The fourth-order valence-corrected chi connectivity index (χ4v) is 0.578. The molecule has 0 saturated heterocycles. The Bertz CT molecular complexity index is 65.1. The summed E-state index contributed by atoms with van der Waals surface area (Å²) in [5.74, 6) is 0. The van der Waals surface area contributed by atoms with Crippen LogP contribution in [0, 0.1) is 0 Å². The first kappa shape index (κ1) is 8.50. The molecule has 0 aromatic rings. The van der Waals surface area contributed by atoms with Gasteiger partial charge in [0.15, 0.2) is 4.46 Å².